The molecular weight excluding hydrogens is 464 g/mol. The molecule has 1 aromatic heterocycles. The van der Waals surface area contributed by atoms with Crippen LogP contribution in [0.3, 0.4) is 0 Å². The van der Waals surface area contributed by atoms with Crippen molar-refractivity contribution >= 4 is 40.9 Å². The number of fused-ring (bicyclic) bond motifs is 1. The highest BCUT2D eigenvalue weighted by Crippen LogP contribution is 2.26. The number of ether oxygens (including phenoxy) is 2. The number of aliphatic imine (C=N–C) groups is 1. The molecule has 8 heteroatoms. The van der Waals surface area contributed by atoms with Crippen LogP contribution < -0.4 is 10.6 Å². The average molecular weight is 493 g/mol. The average Bonchev–Trinajstić information content (AvgIpc) is 2.94. The number of hydrogen-bond acceptors (Lipinski definition) is 4. The molecule has 0 unspecified atom stereocenters. The Hall–Kier alpha value is -1.39. The number of benzene rings is 1. The normalized spacial score (nSPS) is 11.5. The zero-order valence-corrected chi connectivity index (χ0v) is 18.5. The molecule has 1 aromatic carbocycles. The molecule has 0 aliphatic rings. The fraction of sp³-hybridized carbons (Fsp3) is 0.526. The number of aryl methyl sites for hydroxylation is 1. The lowest BCUT2D eigenvalue weighted by Crippen LogP contribution is -2.38. The summed E-state index contributed by atoms with van der Waals surface area (Å²) in [6, 6.07) is 4.55. The van der Waals surface area contributed by atoms with Crippen LogP contribution in [0.4, 0.5) is 4.39 Å². The van der Waals surface area contributed by atoms with Gasteiger partial charge in [0.1, 0.15) is 23.7 Å². The summed E-state index contributed by atoms with van der Waals surface area (Å²) in [6.07, 6.45) is 0.872. The van der Waals surface area contributed by atoms with E-state index in [1.807, 2.05) is 13.8 Å². The Balaban J connectivity index is 0.00000364. The van der Waals surface area contributed by atoms with Crippen molar-refractivity contribution in [1.29, 1.82) is 0 Å². The molecule has 0 saturated heterocycles. The Bertz CT molecular complexity index is 722. The number of rotatable bonds is 10. The van der Waals surface area contributed by atoms with E-state index in [2.05, 4.69) is 15.6 Å². The molecule has 0 aliphatic heterocycles. The van der Waals surface area contributed by atoms with Crippen molar-refractivity contribution in [2.24, 2.45) is 4.99 Å². The molecule has 0 bridgehead atoms. The van der Waals surface area contributed by atoms with Gasteiger partial charge in [0.05, 0.1) is 13.2 Å². The number of methoxy groups -OCH3 is 1. The molecule has 0 radical (unpaired) electrons. The van der Waals surface area contributed by atoms with Gasteiger partial charge in [0, 0.05) is 37.8 Å². The molecule has 0 saturated carbocycles. The fourth-order valence-electron chi connectivity index (χ4n) is 2.51. The first kappa shape index (κ1) is 23.6. The van der Waals surface area contributed by atoms with Crippen molar-refractivity contribution in [3.8, 4) is 0 Å². The minimum absolute atomic E-state index is 0. The summed E-state index contributed by atoms with van der Waals surface area (Å²) in [5.41, 5.74) is 1.60. The van der Waals surface area contributed by atoms with Gasteiger partial charge in [-0.15, -0.1) is 24.0 Å². The van der Waals surface area contributed by atoms with Crippen molar-refractivity contribution in [3.63, 3.8) is 0 Å². The SMILES string of the molecule is CCNC(=NCc1oc2ccc(F)cc2c1C)NCCCOCCOC.I. The second-order valence-corrected chi connectivity index (χ2v) is 5.87. The summed E-state index contributed by atoms with van der Waals surface area (Å²) in [5, 5.41) is 7.27. The van der Waals surface area contributed by atoms with Crippen LogP contribution in [0.2, 0.25) is 0 Å². The third-order valence-corrected chi connectivity index (χ3v) is 3.91. The Kier molecular flexibility index (Phi) is 11.3. The smallest absolute Gasteiger partial charge is 0.191 e. The van der Waals surface area contributed by atoms with Crippen LogP contribution in [-0.2, 0) is 16.0 Å². The lowest BCUT2D eigenvalue weighted by molar-refractivity contribution is 0.0698. The lowest BCUT2D eigenvalue weighted by Gasteiger charge is -2.11. The van der Waals surface area contributed by atoms with Crippen LogP contribution in [0.1, 0.15) is 24.7 Å². The Morgan fingerprint density at radius 1 is 1.22 bits per heavy atom. The van der Waals surface area contributed by atoms with E-state index in [-0.39, 0.29) is 29.8 Å². The quantitative estimate of drug-likeness (QED) is 0.229. The van der Waals surface area contributed by atoms with E-state index in [4.69, 9.17) is 13.9 Å². The molecular formula is C19H29FIN3O3. The maximum atomic E-state index is 13.4. The fourth-order valence-corrected chi connectivity index (χ4v) is 2.51. The molecule has 0 amide bonds. The van der Waals surface area contributed by atoms with Crippen molar-refractivity contribution in [1.82, 2.24) is 10.6 Å². The number of guanidine groups is 1. The summed E-state index contributed by atoms with van der Waals surface area (Å²) < 4.78 is 29.6. The first-order valence-electron chi connectivity index (χ1n) is 8.92. The zero-order valence-electron chi connectivity index (χ0n) is 16.1. The number of halogens is 2. The molecule has 0 spiro atoms. The molecule has 1 heterocycles. The minimum atomic E-state index is -0.265. The van der Waals surface area contributed by atoms with Crippen molar-refractivity contribution < 1.29 is 18.3 Å². The number of furan rings is 1. The van der Waals surface area contributed by atoms with Crippen LogP contribution in [0.5, 0.6) is 0 Å². The molecule has 2 N–H and O–H groups in total. The highest BCUT2D eigenvalue weighted by atomic mass is 127. The van der Waals surface area contributed by atoms with Crippen LogP contribution >= 0.6 is 24.0 Å². The van der Waals surface area contributed by atoms with Crippen molar-refractivity contribution in [2.45, 2.75) is 26.8 Å². The van der Waals surface area contributed by atoms with Gasteiger partial charge >= 0.3 is 0 Å². The maximum absolute atomic E-state index is 13.4. The van der Waals surface area contributed by atoms with E-state index in [0.717, 1.165) is 42.2 Å². The molecule has 0 atom stereocenters. The number of nitrogens with one attached hydrogen (secondary N) is 2. The molecule has 152 valence electrons. The largest absolute Gasteiger partial charge is 0.459 e. The first-order chi connectivity index (χ1) is 12.7. The van der Waals surface area contributed by atoms with E-state index < -0.39 is 0 Å². The predicted molar refractivity (Wildman–Crippen MR) is 116 cm³/mol. The Morgan fingerprint density at radius 2 is 2.04 bits per heavy atom. The topological polar surface area (TPSA) is 68.0 Å². The standard InChI is InChI=1S/C19H28FN3O3.HI/c1-4-21-19(22-8-5-9-25-11-10-24-3)23-13-18-14(2)16-12-15(20)6-7-17(16)26-18;/h6-7,12H,4-5,8-11,13H2,1-3H3,(H2,21,22,23);1H. The third kappa shape index (κ3) is 7.63. The van der Waals surface area contributed by atoms with E-state index in [0.29, 0.717) is 31.9 Å². The summed E-state index contributed by atoms with van der Waals surface area (Å²) >= 11 is 0. The monoisotopic (exact) mass is 493 g/mol. The van der Waals surface area contributed by atoms with E-state index >= 15 is 0 Å². The maximum Gasteiger partial charge on any atom is 0.191 e. The van der Waals surface area contributed by atoms with Gasteiger partial charge in [-0.1, -0.05) is 0 Å². The zero-order chi connectivity index (χ0) is 18.8. The lowest BCUT2D eigenvalue weighted by atomic mass is 10.1. The number of hydrogen-bond donors (Lipinski definition) is 2. The first-order valence-corrected chi connectivity index (χ1v) is 8.92. The summed E-state index contributed by atoms with van der Waals surface area (Å²) in [7, 11) is 1.66. The molecule has 0 fully saturated rings. The molecule has 2 aromatic rings. The van der Waals surface area contributed by atoms with Crippen LogP contribution in [0, 0.1) is 12.7 Å². The predicted octanol–water partition coefficient (Wildman–Crippen LogP) is 3.61. The van der Waals surface area contributed by atoms with Gasteiger partial charge in [-0.3, -0.25) is 0 Å². The molecule has 27 heavy (non-hydrogen) atoms. The third-order valence-electron chi connectivity index (χ3n) is 3.91. The van der Waals surface area contributed by atoms with Crippen molar-refractivity contribution in [2.75, 3.05) is 40.0 Å². The van der Waals surface area contributed by atoms with E-state index in [9.17, 15) is 4.39 Å². The molecule has 0 aliphatic carbocycles. The van der Waals surface area contributed by atoms with Crippen LogP contribution in [-0.4, -0.2) is 46.0 Å². The molecule has 2 rings (SSSR count). The van der Waals surface area contributed by atoms with Gasteiger partial charge in [0.2, 0.25) is 0 Å². The summed E-state index contributed by atoms with van der Waals surface area (Å²) in [4.78, 5) is 4.56. The van der Waals surface area contributed by atoms with Gasteiger partial charge in [0.25, 0.3) is 0 Å². The van der Waals surface area contributed by atoms with E-state index in [1.54, 1.807) is 13.2 Å². The summed E-state index contributed by atoms with van der Waals surface area (Å²) in [6.45, 7) is 7.73. The summed E-state index contributed by atoms with van der Waals surface area (Å²) in [5.74, 6) is 1.19. The highest BCUT2D eigenvalue weighted by molar-refractivity contribution is 14.0. The van der Waals surface area contributed by atoms with Gasteiger partial charge < -0.3 is 24.5 Å². The van der Waals surface area contributed by atoms with Gasteiger partial charge in [-0.2, -0.15) is 0 Å². The van der Waals surface area contributed by atoms with Crippen LogP contribution in [0.15, 0.2) is 27.6 Å². The van der Waals surface area contributed by atoms with Crippen molar-refractivity contribution in [3.05, 3.63) is 35.3 Å². The number of nitrogens with zero attached hydrogens (tertiary/aromatic N) is 1. The Morgan fingerprint density at radius 3 is 2.78 bits per heavy atom. The van der Waals surface area contributed by atoms with Gasteiger partial charge in [-0.25, -0.2) is 9.38 Å². The van der Waals surface area contributed by atoms with Gasteiger partial charge in [0.15, 0.2) is 5.96 Å². The van der Waals surface area contributed by atoms with Crippen LogP contribution in [0.25, 0.3) is 11.0 Å². The minimum Gasteiger partial charge on any atom is -0.459 e. The Labute approximate surface area is 176 Å². The van der Waals surface area contributed by atoms with E-state index in [1.165, 1.54) is 12.1 Å². The highest BCUT2D eigenvalue weighted by Gasteiger charge is 2.11. The molecule has 6 nitrogen and oxygen atoms in total. The second kappa shape index (κ2) is 12.9. The second-order valence-electron chi connectivity index (χ2n) is 5.87. The van der Waals surface area contributed by atoms with Gasteiger partial charge in [-0.05, 0) is 38.5 Å².